The summed E-state index contributed by atoms with van der Waals surface area (Å²) < 4.78 is 54.1. The van der Waals surface area contributed by atoms with Gasteiger partial charge in [-0.2, -0.15) is 13.2 Å². The lowest BCUT2D eigenvalue weighted by molar-refractivity contribution is -0.137. The maximum absolute atomic E-state index is 14.1. The molecule has 1 atom stereocenters. The number of furan rings is 1. The van der Waals surface area contributed by atoms with E-state index in [-0.39, 0.29) is 17.2 Å². The number of aromatic nitrogens is 1. The fraction of sp³-hybridized carbons (Fsp3) is 0.156. The molecule has 1 N–H and O–H groups in total. The molecule has 3 aromatic heterocycles. The highest BCUT2D eigenvalue weighted by molar-refractivity contribution is 7.20. The number of hydrogen-bond donors (Lipinski definition) is 1. The van der Waals surface area contributed by atoms with E-state index in [1.54, 1.807) is 30.2 Å². The zero-order valence-corrected chi connectivity index (χ0v) is 22.6. The average Bonchev–Trinajstić information content (AvgIpc) is 3.72. The molecule has 5 nitrogen and oxygen atoms in total. The van der Waals surface area contributed by atoms with Crippen LogP contribution in [-0.4, -0.2) is 29.4 Å². The van der Waals surface area contributed by atoms with Gasteiger partial charge in [-0.05, 0) is 65.9 Å². The molecule has 1 amide bonds. The monoisotopic (exact) mass is 572 g/mol. The molecular formula is C32H23F3N2O3S. The molecular weight excluding hydrogens is 549 g/mol. The van der Waals surface area contributed by atoms with E-state index < -0.39 is 17.8 Å². The van der Waals surface area contributed by atoms with Crippen LogP contribution < -0.4 is 4.74 Å². The minimum Gasteiger partial charge on any atom is -0.497 e. The Bertz CT molecular complexity index is 1900. The van der Waals surface area contributed by atoms with Gasteiger partial charge in [0.25, 0.3) is 5.91 Å². The number of benzene rings is 3. The number of nitrogens with zero attached hydrogens (tertiary/aromatic N) is 1. The second-order valence-corrected chi connectivity index (χ2v) is 11.1. The summed E-state index contributed by atoms with van der Waals surface area (Å²) in [4.78, 5) is 19.9. The van der Waals surface area contributed by atoms with Crippen LogP contribution in [-0.2, 0) is 12.6 Å². The minimum atomic E-state index is -4.54. The highest BCUT2D eigenvalue weighted by atomic mass is 32.1. The van der Waals surface area contributed by atoms with Crippen LogP contribution in [0.5, 0.6) is 5.75 Å². The van der Waals surface area contributed by atoms with Gasteiger partial charge in [-0.3, -0.25) is 4.79 Å². The quantitative estimate of drug-likeness (QED) is 0.231. The summed E-state index contributed by atoms with van der Waals surface area (Å²) in [6.45, 7) is 0.407. The SMILES string of the molecule is COc1ccc2[nH]c3c(c2c1)CCN(C(=O)c1cc2ccccc2s1)C3c1ccc(-c2ccccc2C(F)(F)F)o1. The molecule has 0 spiro atoms. The van der Waals surface area contributed by atoms with E-state index >= 15 is 0 Å². The van der Waals surface area contributed by atoms with Crippen LogP contribution in [0.1, 0.15) is 38.3 Å². The zero-order valence-electron chi connectivity index (χ0n) is 21.8. The first kappa shape index (κ1) is 25.5. The van der Waals surface area contributed by atoms with Gasteiger partial charge in [0.2, 0.25) is 0 Å². The standard InChI is InChI=1S/C32H23F3N2O3S/c1-39-19-10-11-24-22(17-19)20-14-15-37(31(38)28-16-18-6-2-5-9-27(18)41-28)30(29(20)36-24)26-13-12-25(40-26)21-7-3-4-8-23(21)32(33,34)35/h2-13,16-17,30,36H,14-15H2,1H3. The third kappa shape index (κ3) is 4.28. The van der Waals surface area contributed by atoms with Gasteiger partial charge in [0, 0.05) is 27.7 Å². The molecule has 206 valence electrons. The fourth-order valence-electron chi connectivity index (χ4n) is 5.73. The Morgan fingerprint density at radius 2 is 1.83 bits per heavy atom. The summed E-state index contributed by atoms with van der Waals surface area (Å²) in [5, 5.41) is 1.96. The van der Waals surface area contributed by atoms with Crippen LogP contribution in [0.3, 0.4) is 0 Å². The van der Waals surface area contributed by atoms with Gasteiger partial charge >= 0.3 is 6.18 Å². The first-order valence-electron chi connectivity index (χ1n) is 13.1. The van der Waals surface area contributed by atoms with Crippen molar-refractivity contribution in [2.75, 3.05) is 13.7 Å². The van der Waals surface area contributed by atoms with Gasteiger partial charge in [-0.1, -0.05) is 36.4 Å². The number of halogens is 3. The molecule has 0 aliphatic carbocycles. The Morgan fingerprint density at radius 1 is 1.02 bits per heavy atom. The maximum Gasteiger partial charge on any atom is 0.417 e. The summed E-state index contributed by atoms with van der Waals surface area (Å²) in [7, 11) is 1.61. The van der Waals surface area contributed by atoms with Crippen molar-refractivity contribution >= 4 is 38.2 Å². The van der Waals surface area contributed by atoms with Crippen molar-refractivity contribution in [1.82, 2.24) is 9.88 Å². The molecule has 1 aliphatic rings. The van der Waals surface area contributed by atoms with Crippen LogP contribution in [0, 0.1) is 0 Å². The number of rotatable bonds is 4. The predicted octanol–water partition coefficient (Wildman–Crippen LogP) is 8.46. The Balaban J connectivity index is 1.37. The third-order valence-corrected chi connectivity index (χ3v) is 8.73. The van der Waals surface area contributed by atoms with Crippen molar-refractivity contribution in [1.29, 1.82) is 0 Å². The van der Waals surface area contributed by atoms with Gasteiger partial charge in [-0.25, -0.2) is 0 Å². The van der Waals surface area contributed by atoms with E-state index in [0.717, 1.165) is 38.3 Å². The molecule has 0 saturated heterocycles. The van der Waals surface area contributed by atoms with Crippen LogP contribution in [0.25, 0.3) is 32.3 Å². The lowest BCUT2D eigenvalue weighted by atomic mass is 9.95. The topological polar surface area (TPSA) is 58.5 Å². The number of fused-ring (bicyclic) bond motifs is 4. The molecule has 0 saturated carbocycles. The van der Waals surface area contributed by atoms with Crippen molar-refractivity contribution in [2.45, 2.75) is 18.6 Å². The number of aromatic amines is 1. The van der Waals surface area contributed by atoms with E-state index in [4.69, 9.17) is 9.15 Å². The van der Waals surface area contributed by atoms with Crippen molar-refractivity contribution in [2.24, 2.45) is 0 Å². The number of H-pyrrole nitrogens is 1. The molecule has 0 radical (unpaired) electrons. The number of carbonyl (C=O) groups excluding carboxylic acids is 1. The average molecular weight is 573 g/mol. The Kier molecular flexibility index (Phi) is 5.93. The van der Waals surface area contributed by atoms with Crippen molar-refractivity contribution in [3.05, 3.63) is 112 Å². The summed E-state index contributed by atoms with van der Waals surface area (Å²) in [5.41, 5.74) is 1.86. The van der Waals surface area contributed by atoms with Crippen LogP contribution in [0.15, 0.2) is 89.3 Å². The Labute approximate surface area is 236 Å². The first-order chi connectivity index (χ1) is 19.8. The van der Waals surface area contributed by atoms with E-state index in [2.05, 4.69) is 4.98 Å². The molecule has 7 rings (SSSR count). The third-order valence-electron chi connectivity index (χ3n) is 7.63. The number of methoxy groups -OCH3 is 1. The van der Waals surface area contributed by atoms with E-state index in [1.807, 2.05) is 48.5 Å². The van der Waals surface area contributed by atoms with Crippen LogP contribution >= 0.6 is 11.3 Å². The number of hydrogen-bond acceptors (Lipinski definition) is 4. The van der Waals surface area contributed by atoms with Gasteiger partial charge in [0.05, 0.1) is 23.2 Å². The van der Waals surface area contributed by atoms with E-state index in [9.17, 15) is 18.0 Å². The number of nitrogens with one attached hydrogen (secondary N) is 1. The molecule has 1 aliphatic heterocycles. The maximum atomic E-state index is 14.1. The van der Waals surface area contributed by atoms with Crippen molar-refractivity contribution in [3.8, 4) is 17.1 Å². The zero-order chi connectivity index (χ0) is 28.3. The highest BCUT2D eigenvalue weighted by Gasteiger charge is 2.39. The summed E-state index contributed by atoms with van der Waals surface area (Å²) in [5.74, 6) is 1.02. The van der Waals surface area contributed by atoms with Gasteiger partial charge < -0.3 is 19.0 Å². The van der Waals surface area contributed by atoms with Crippen LogP contribution in [0.4, 0.5) is 13.2 Å². The number of thiophene rings is 1. The molecule has 6 aromatic rings. The van der Waals surface area contributed by atoms with Crippen molar-refractivity contribution < 1.29 is 27.1 Å². The van der Waals surface area contributed by atoms with E-state index in [0.29, 0.717) is 29.4 Å². The first-order valence-corrected chi connectivity index (χ1v) is 13.9. The Morgan fingerprint density at radius 3 is 2.63 bits per heavy atom. The lowest BCUT2D eigenvalue weighted by Gasteiger charge is -2.34. The molecule has 3 aromatic carbocycles. The second-order valence-electron chi connectivity index (χ2n) is 9.97. The molecule has 41 heavy (non-hydrogen) atoms. The molecule has 0 fully saturated rings. The summed E-state index contributed by atoms with van der Waals surface area (Å²) >= 11 is 1.42. The predicted molar refractivity (Wildman–Crippen MR) is 152 cm³/mol. The Hall–Kier alpha value is -4.50. The number of amides is 1. The molecule has 4 heterocycles. The van der Waals surface area contributed by atoms with Crippen LogP contribution in [0.2, 0.25) is 0 Å². The lowest BCUT2D eigenvalue weighted by Crippen LogP contribution is -2.40. The van der Waals surface area contributed by atoms with Gasteiger partial charge in [0.15, 0.2) is 0 Å². The smallest absolute Gasteiger partial charge is 0.417 e. The number of alkyl halides is 3. The van der Waals surface area contributed by atoms with Gasteiger partial charge in [0.1, 0.15) is 23.3 Å². The van der Waals surface area contributed by atoms with E-state index in [1.165, 1.54) is 23.5 Å². The fourth-order valence-corrected chi connectivity index (χ4v) is 6.75. The minimum absolute atomic E-state index is 0.0500. The summed E-state index contributed by atoms with van der Waals surface area (Å²) in [6, 6.07) is 23.3. The largest absolute Gasteiger partial charge is 0.497 e. The number of carbonyl (C=O) groups is 1. The second kappa shape index (κ2) is 9.55. The van der Waals surface area contributed by atoms with Gasteiger partial charge in [-0.15, -0.1) is 11.3 Å². The molecule has 0 bridgehead atoms. The number of ether oxygens (including phenoxy) is 1. The highest BCUT2D eigenvalue weighted by Crippen LogP contribution is 2.43. The normalized spacial score (nSPS) is 15.4. The molecule has 9 heteroatoms. The summed E-state index contributed by atoms with van der Waals surface area (Å²) in [6.07, 6.45) is -3.94. The van der Waals surface area contributed by atoms with Crippen molar-refractivity contribution in [3.63, 3.8) is 0 Å². The molecule has 1 unspecified atom stereocenters.